The van der Waals surface area contributed by atoms with Crippen LogP contribution in [0.3, 0.4) is 0 Å². The maximum Gasteiger partial charge on any atom is 0.0303 e. The molecule has 0 N–H and O–H groups in total. The topological polar surface area (TPSA) is 3.24 Å². The molecule has 4 atom stereocenters. The van der Waals surface area contributed by atoms with Crippen LogP contribution in [0.1, 0.15) is 42.0 Å². The minimum Gasteiger partial charge on any atom is -0.295 e. The summed E-state index contributed by atoms with van der Waals surface area (Å²) < 4.78 is 0. The molecule has 0 radical (unpaired) electrons. The summed E-state index contributed by atoms with van der Waals surface area (Å²) >= 11 is 0. The molecule has 0 aromatic heterocycles. The molecule has 1 aromatic carbocycles. The number of hydrogen-bond donors (Lipinski definition) is 0. The molecule has 1 heteroatoms. The summed E-state index contributed by atoms with van der Waals surface area (Å²) in [6.45, 7) is 9.31. The average molecular weight is 253 g/mol. The van der Waals surface area contributed by atoms with Crippen LogP contribution in [0.15, 0.2) is 24.3 Å². The van der Waals surface area contributed by atoms with E-state index in [2.05, 4.69) is 50.0 Å². The fourth-order valence-electron chi connectivity index (χ4n) is 4.55. The lowest BCUT2D eigenvalue weighted by Crippen LogP contribution is -2.48. The van der Waals surface area contributed by atoms with Gasteiger partial charge in [0.2, 0.25) is 0 Å². The van der Waals surface area contributed by atoms with E-state index in [1.165, 1.54) is 37.1 Å². The van der Waals surface area contributed by atoms with Crippen molar-refractivity contribution in [1.29, 1.82) is 0 Å². The summed E-state index contributed by atoms with van der Waals surface area (Å²) in [5, 5.41) is 0. The molecule has 4 unspecified atom stereocenters. The molecule has 1 aromatic rings. The van der Waals surface area contributed by atoms with Crippen molar-refractivity contribution in [2.45, 2.75) is 51.6 Å². The second kappa shape index (κ2) is 3.73. The van der Waals surface area contributed by atoms with Gasteiger partial charge in [-0.15, -0.1) is 0 Å². The number of rotatable bonds is 0. The Labute approximate surface area is 116 Å². The number of allylic oxidation sites excluding steroid dienone is 1. The molecule has 0 saturated carbocycles. The standard InChI is InChI=1S/C18H23N/c1-12-4-5-18-6-7-19(17(18)8-12)11-15-9-13(2)14(3)10-16(15)18/h4-5,9-10,12,17H,6-8,11H2,1-3H3. The minimum absolute atomic E-state index is 0.332. The number of hydrogen-bond acceptors (Lipinski definition) is 1. The first kappa shape index (κ1) is 11.7. The number of benzene rings is 1. The summed E-state index contributed by atoms with van der Waals surface area (Å²) in [5.74, 6) is 0.742. The van der Waals surface area contributed by atoms with E-state index in [0.29, 0.717) is 5.41 Å². The first-order valence-corrected chi connectivity index (χ1v) is 7.64. The van der Waals surface area contributed by atoms with E-state index >= 15 is 0 Å². The van der Waals surface area contributed by atoms with E-state index < -0.39 is 0 Å². The quantitative estimate of drug-likeness (QED) is 0.637. The molecule has 1 fully saturated rings. The van der Waals surface area contributed by atoms with Crippen LogP contribution in [0.2, 0.25) is 0 Å². The van der Waals surface area contributed by atoms with Crippen molar-refractivity contribution in [3.63, 3.8) is 0 Å². The van der Waals surface area contributed by atoms with Crippen molar-refractivity contribution in [2.24, 2.45) is 5.92 Å². The molecule has 1 aliphatic carbocycles. The van der Waals surface area contributed by atoms with Gasteiger partial charge in [-0.2, -0.15) is 0 Å². The van der Waals surface area contributed by atoms with Gasteiger partial charge in [-0.3, -0.25) is 4.90 Å². The predicted molar refractivity (Wildman–Crippen MR) is 79.3 cm³/mol. The van der Waals surface area contributed by atoms with Crippen LogP contribution >= 0.6 is 0 Å². The van der Waals surface area contributed by atoms with Crippen LogP contribution < -0.4 is 0 Å². The normalized spacial score (nSPS) is 39.0. The zero-order valence-electron chi connectivity index (χ0n) is 12.2. The van der Waals surface area contributed by atoms with Crippen molar-refractivity contribution in [2.75, 3.05) is 6.54 Å². The molecule has 19 heavy (non-hydrogen) atoms. The fraction of sp³-hybridized carbons (Fsp3) is 0.556. The maximum absolute atomic E-state index is 2.73. The second-order valence-corrected chi connectivity index (χ2v) is 6.94. The van der Waals surface area contributed by atoms with Crippen molar-refractivity contribution < 1.29 is 0 Å². The highest BCUT2D eigenvalue weighted by Crippen LogP contribution is 2.51. The number of aryl methyl sites for hydroxylation is 2. The molecular weight excluding hydrogens is 230 g/mol. The average Bonchev–Trinajstić information content (AvgIpc) is 2.65. The van der Waals surface area contributed by atoms with Crippen LogP contribution in [0.5, 0.6) is 0 Å². The molecule has 1 saturated heterocycles. The van der Waals surface area contributed by atoms with Crippen LogP contribution in [0, 0.1) is 19.8 Å². The lowest BCUT2D eigenvalue weighted by molar-refractivity contribution is 0.168. The van der Waals surface area contributed by atoms with Crippen molar-refractivity contribution in [1.82, 2.24) is 4.90 Å². The van der Waals surface area contributed by atoms with Crippen LogP contribution in [-0.4, -0.2) is 17.5 Å². The van der Waals surface area contributed by atoms with Gasteiger partial charge in [0.25, 0.3) is 0 Å². The van der Waals surface area contributed by atoms with Gasteiger partial charge in [-0.05, 0) is 54.9 Å². The Hall–Kier alpha value is -1.08. The Morgan fingerprint density at radius 1 is 1.21 bits per heavy atom. The first-order valence-electron chi connectivity index (χ1n) is 7.64. The Kier molecular flexibility index (Phi) is 2.30. The molecule has 2 bridgehead atoms. The highest BCUT2D eigenvalue weighted by molar-refractivity contribution is 5.49. The van der Waals surface area contributed by atoms with E-state index in [1.54, 1.807) is 11.1 Å². The van der Waals surface area contributed by atoms with Crippen molar-refractivity contribution in [3.05, 3.63) is 46.5 Å². The van der Waals surface area contributed by atoms with Crippen LogP contribution in [0.25, 0.3) is 0 Å². The molecule has 1 nitrogen and oxygen atoms in total. The monoisotopic (exact) mass is 253 g/mol. The van der Waals surface area contributed by atoms with Gasteiger partial charge in [0.1, 0.15) is 0 Å². The van der Waals surface area contributed by atoms with Gasteiger partial charge in [0.15, 0.2) is 0 Å². The third-order valence-electron chi connectivity index (χ3n) is 5.76. The molecular formula is C18H23N. The molecule has 2 aliphatic heterocycles. The number of nitrogens with zero attached hydrogens (tertiary/aromatic N) is 1. The van der Waals surface area contributed by atoms with E-state index in [-0.39, 0.29) is 0 Å². The van der Waals surface area contributed by atoms with E-state index in [4.69, 9.17) is 0 Å². The Bertz CT molecular complexity index is 571. The van der Waals surface area contributed by atoms with Gasteiger partial charge < -0.3 is 0 Å². The summed E-state index contributed by atoms with van der Waals surface area (Å²) in [6.07, 6.45) is 7.67. The molecule has 0 spiro atoms. The maximum atomic E-state index is 2.73. The summed E-state index contributed by atoms with van der Waals surface area (Å²) in [4.78, 5) is 2.73. The molecule has 100 valence electrons. The van der Waals surface area contributed by atoms with Gasteiger partial charge in [-0.25, -0.2) is 0 Å². The zero-order chi connectivity index (χ0) is 13.2. The fourth-order valence-corrected chi connectivity index (χ4v) is 4.55. The van der Waals surface area contributed by atoms with Crippen molar-refractivity contribution >= 4 is 0 Å². The Morgan fingerprint density at radius 2 is 2.00 bits per heavy atom. The lowest BCUT2D eigenvalue weighted by atomic mass is 9.65. The van der Waals surface area contributed by atoms with Gasteiger partial charge in [0, 0.05) is 24.5 Å². The summed E-state index contributed by atoms with van der Waals surface area (Å²) in [6, 6.07) is 5.68. The third-order valence-corrected chi connectivity index (χ3v) is 5.76. The third kappa shape index (κ3) is 1.45. The highest BCUT2D eigenvalue weighted by Gasteiger charge is 2.52. The molecule has 4 rings (SSSR count). The van der Waals surface area contributed by atoms with Gasteiger partial charge in [-0.1, -0.05) is 31.2 Å². The van der Waals surface area contributed by atoms with E-state index in [9.17, 15) is 0 Å². The number of fused-ring (bicyclic) bond motifs is 1. The Morgan fingerprint density at radius 3 is 2.84 bits per heavy atom. The van der Waals surface area contributed by atoms with Gasteiger partial charge in [0.05, 0.1) is 0 Å². The van der Waals surface area contributed by atoms with Gasteiger partial charge >= 0.3 is 0 Å². The molecule has 2 heterocycles. The smallest absolute Gasteiger partial charge is 0.0303 e. The van der Waals surface area contributed by atoms with E-state index in [0.717, 1.165) is 12.0 Å². The summed E-state index contributed by atoms with van der Waals surface area (Å²) in [7, 11) is 0. The van der Waals surface area contributed by atoms with E-state index in [1.807, 2.05) is 0 Å². The first-order chi connectivity index (χ1) is 9.10. The van der Waals surface area contributed by atoms with Crippen molar-refractivity contribution in [3.8, 4) is 0 Å². The molecule has 3 aliphatic rings. The molecule has 0 amide bonds. The second-order valence-electron chi connectivity index (χ2n) is 6.94. The summed E-state index contributed by atoms with van der Waals surface area (Å²) in [5.41, 5.74) is 6.45. The highest BCUT2D eigenvalue weighted by atomic mass is 15.2. The SMILES string of the molecule is Cc1cc2c(cc1C)C13C=CC(C)CC1N(CC3)C2. The minimum atomic E-state index is 0.332. The zero-order valence-corrected chi connectivity index (χ0v) is 12.2. The lowest BCUT2D eigenvalue weighted by Gasteiger charge is -2.46. The Balaban J connectivity index is 1.95. The van der Waals surface area contributed by atoms with Crippen LogP contribution in [0.4, 0.5) is 0 Å². The largest absolute Gasteiger partial charge is 0.295 e. The van der Waals surface area contributed by atoms with Crippen LogP contribution in [-0.2, 0) is 12.0 Å². The predicted octanol–water partition coefficient (Wildman–Crippen LogP) is 3.73.